The van der Waals surface area contributed by atoms with E-state index in [2.05, 4.69) is 17.1 Å². The van der Waals surface area contributed by atoms with Crippen LogP contribution in [0, 0.1) is 0 Å². The van der Waals surface area contributed by atoms with Crippen LogP contribution in [0.15, 0.2) is 24.4 Å². The standard InChI is InChI=1S/C11H11NO/c13-9-4-7-2-1-3-10-11(7)8(5-9)6-12-10/h1-3,6,9,12-13H,4-5H2/t9-/m1/s1. The van der Waals surface area contributed by atoms with Gasteiger partial charge in [-0.1, -0.05) is 12.1 Å². The number of benzene rings is 1. The molecule has 1 aromatic heterocycles. The first-order chi connectivity index (χ1) is 6.34. The van der Waals surface area contributed by atoms with Crippen molar-refractivity contribution in [2.45, 2.75) is 18.9 Å². The van der Waals surface area contributed by atoms with Crippen LogP contribution in [0.2, 0.25) is 0 Å². The average molecular weight is 173 g/mol. The first-order valence-electron chi connectivity index (χ1n) is 4.60. The van der Waals surface area contributed by atoms with Gasteiger partial charge < -0.3 is 10.1 Å². The van der Waals surface area contributed by atoms with E-state index in [4.69, 9.17) is 0 Å². The van der Waals surface area contributed by atoms with Crippen molar-refractivity contribution in [1.82, 2.24) is 4.98 Å². The molecule has 66 valence electrons. The van der Waals surface area contributed by atoms with Crippen LogP contribution in [-0.2, 0) is 12.8 Å². The second-order valence-electron chi connectivity index (χ2n) is 3.72. The van der Waals surface area contributed by atoms with Crippen molar-refractivity contribution in [3.8, 4) is 0 Å². The number of nitrogens with one attached hydrogen (secondary N) is 1. The Balaban J connectivity index is 2.38. The summed E-state index contributed by atoms with van der Waals surface area (Å²) in [4.78, 5) is 3.23. The number of aliphatic hydroxyl groups excluding tert-OH is 1. The largest absolute Gasteiger partial charge is 0.392 e. The lowest BCUT2D eigenvalue weighted by atomic mass is 9.91. The summed E-state index contributed by atoms with van der Waals surface area (Å²) in [5.41, 5.74) is 3.72. The second kappa shape index (κ2) is 2.36. The maximum absolute atomic E-state index is 9.61. The number of H-pyrrole nitrogens is 1. The maximum atomic E-state index is 9.61. The number of aliphatic hydroxyl groups is 1. The van der Waals surface area contributed by atoms with Gasteiger partial charge in [0.25, 0.3) is 0 Å². The summed E-state index contributed by atoms with van der Waals surface area (Å²) in [6, 6.07) is 6.22. The highest BCUT2D eigenvalue weighted by atomic mass is 16.3. The van der Waals surface area contributed by atoms with Crippen LogP contribution in [0.1, 0.15) is 11.1 Å². The van der Waals surface area contributed by atoms with Gasteiger partial charge in [0.2, 0.25) is 0 Å². The van der Waals surface area contributed by atoms with Gasteiger partial charge in [0.15, 0.2) is 0 Å². The minimum atomic E-state index is -0.200. The Labute approximate surface area is 76.2 Å². The Morgan fingerprint density at radius 1 is 1.23 bits per heavy atom. The molecule has 0 spiro atoms. The van der Waals surface area contributed by atoms with E-state index in [1.165, 1.54) is 22.0 Å². The van der Waals surface area contributed by atoms with E-state index < -0.39 is 0 Å². The molecule has 0 radical (unpaired) electrons. The molecule has 1 heterocycles. The minimum Gasteiger partial charge on any atom is -0.392 e. The third kappa shape index (κ3) is 0.923. The van der Waals surface area contributed by atoms with E-state index >= 15 is 0 Å². The highest BCUT2D eigenvalue weighted by molar-refractivity contribution is 5.87. The molecule has 0 unspecified atom stereocenters. The van der Waals surface area contributed by atoms with Gasteiger partial charge in [0, 0.05) is 23.5 Å². The van der Waals surface area contributed by atoms with E-state index in [1.54, 1.807) is 0 Å². The maximum Gasteiger partial charge on any atom is 0.0621 e. The molecular formula is C11H11NO. The van der Waals surface area contributed by atoms with Gasteiger partial charge in [-0.15, -0.1) is 0 Å². The minimum absolute atomic E-state index is 0.200. The van der Waals surface area contributed by atoms with Gasteiger partial charge in [-0.3, -0.25) is 0 Å². The summed E-state index contributed by atoms with van der Waals surface area (Å²) in [7, 11) is 0. The molecule has 2 heteroatoms. The Bertz CT molecular complexity index is 458. The van der Waals surface area contributed by atoms with Crippen molar-refractivity contribution < 1.29 is 5.11 Å². The van der Waals surface area contributed by atoms with Crippen molar-refractivity contribution in [2.75, 3.05) is 0 Å². The van der Waals surface area contributed by atoms with Gasteiger partial charge in [-0.05, 0) is 23.6 Å². The van der Waals surface area contributed by atoms with E-state index in [0.717, 1.165) is 12.8 Å². The van der Waals surface area contributed by atoms with E-state index in [1.807, 2.05) is 12.3 Å². The first kappa shape index (κ1) is 7.15. The van der Waals surface area contributed by atoms with Crippen molar-refractivity contribution in [3.63, 3.8) is 0 Å². The van der Waals surface area contributed by atoms with Crippen LogP contribution >= 0.6 is 0 Å². The molecule has 1 atom stereocenters. The molecule has 0 saturated carbocycles. The van der Waals surface area contributed by atoms with Crippen molar-refractivity contribution in [1.29, 1.82) is 0 Å². The summed E-state index contributed by atoms with van der Waals surface area (Å²) < 4.78 is 0. The predicted molar refractivity (Wildman–Crippen MR) is 51.7 cm³/mol. The lowest BCUT2D eigenvalue weighted by Crippen LogP contribution is -2.17. The molecule has 1 aliphatic carbocycles. The van der Waals surface area contributed by atoms with Crippen LogP contribution in [-0.4, -0.2) is 16.2 Å². The van der Waals surface area contributed by atoms with E-state index in [9.17, 15) is 5.11 Å². The summed E-state index contributed by atoms with van der Waals surface area (Å²) >= 11 is 0. The number of hydrogen-bond acceptors (Lipinski definition) is 1. The molecule has 1 aromatic carbocycles. The monoisotopic (exact) mass is 173 g/mol. The topological polar surface area (TPSA) is 36.0 Å². The number of aromatic amines is 1. The van der Waals surface area contributed by atoms with Crippen molar-refractivity contribution in [2.24, 2.45) is 0 Å². The highest BCUT2D eigenvalue weighted by Crippen LogP contribution is 2.29. The van der Waals surface area contributed by atoms with Crippen LogP contribution in [0.3, 0.4) is 0 Å². The average Bonchev–Trinajstić information content (AvgIpc) is 2.50. The van der Waals surface area contributed by atoms with Crippen LogP contribution < -0.4 is 0 Å². The van der Waals surface area contributed by atoms with Crippen LogP contribution in [0.5, 0.6) is 0 Å². The molecular weight excluding hydrogens is 162 g/mol. The zero-order chi connectivity index (χ0) is 8.84. The summed E-state index contributed by atoms with van der Waals surface area (Å²) in [5.74, 6) is 0. The normalized spacial score (nSPS) is 20.8. The van der Waals surface area contributed by atoms with Crippen molar-refractivity contribution in [3.05, 3.63) is 35.5 Å². The fourth-order valence-electron chi connectivity index (χ4n) is 2.25. The smallest absolute Gasteiger partial charge is 0.0621 e. The molecule has 1 aliphatic rings. The van der Waals surface area contributed by atoms with Crippen molar-refractivity contribution >= 4 is 10.9 Å². The van der Waals surface area contributed by atoms with Gasteiger partial charge in [-0.25, -0.2) is 0 Å². The fraction of sp³-hybridized carbons (Fsp3) is 0.273. The predicted octanol–water partition coefficient (Wildman–Crippen LogP) is 1.63. The molecule has 3 rings (SSSR count). The SMILES string of the molecule is O[C@@H]1Cc2cccc3[nH]cc(c23)C1. The lowest BCUT2D eigenvalue weighted by Gasteiger charge is -2.17. The van der Waals surface area contributed by atoms with Crippen LogP contribution in [0.4, 0.5) is 0 Å². The molecule has 0 saturated heterocycles. The van der Waals surface area contributed by atoms with Gasteiger partial charge in [0.05, 0.1) is 6.10 Å². The Morgan fingerprint density at radius 3 is 3.00 bits per heavy atom. The number of rotatable bonds is 0. The van der Waals surface area contributed by atoms with Crippen LogP contribution in [0.25, 0.3) is 10.9 Å². The molecule has 2 nitrogen and oxygen atoms in total. The molecule has 2 aromatic rings. The quantitative estimate of drug-likeness (QED) is 0.624. The zero-order valence-corrected chi connectivity index (χ0v) is 7.25. The molecule has 0 aliphatic heterocycles. The summed E-state index contributed by atoms with van der Waals surface area (Å²) in [5, 5.41) is 10.9. The highest BCUT2D eigenvalue weighted by Gasteiger charge is 2.19. The lowest BCUT2D eigenvalue weighted by molar-refractivity contribution is 0.173. The second-order valence-corrected chi connectivity index (χ2v) is 3.72. The third-order valence-electron chi connectivity index (χ3n) is 2.78. The third-order valence-corrected chi connectivity index (χ3v) is 2.78. The number of aromatic nitrogens is 1. The molecule has 0 fully saturated rings. The summed E-state index contributed by atoms with van der Waals surface area (Å²) in [6.45, 7) is 0. The Kier molecular flexibility index (Phi) is 1.30. The molecule has 0 amide bonds. The van der Waals surface area contributed by atoms with E-state index in [-0.39, 0.29) is 6.10 Å². The molecule has 0 bridgehead atoms. The van der Waals surface area contributed by atoms with Gasteiger partial charge in [0.1, 0.15) is 0 Å². The Morgan fingerprint density at radius 2 is 2.08 bits per heavy atom. The summed E-state index contributed by atoms with van der Waals surface area (Å²) in [6.07, 6.45) is 3.39. The van der Waals surface area contributed by atoms with Gasteiger partial charge in [-0.2, -0.15) is 0 Å². The number of hydrogen-bond donors (Lipinski definition) is 2. The van der Waals surface area contributed by atoms with Gasteiger partial charge >= 0.3 is 0 Å². The fourth-order valence-corrected chi connectivity index (χ4v) is 2.25. The van der Waals surface area contributed by atoms with E-state index in [0.29, 0.717) is 0 Å². The Hall–Kier alpha value is -1.28. The zero-order valence-electron chi connectivity index (χ0n) is 7.25. The molecule has 13 heavy (non-hydrogen) atoms. The molecule has 2 N–H and O–H groups in total. The first-order valence-corrected chi connectivity index (χ1v) is 4.60.